The maximum atomic E-state index is 14.4. The fourth-order valence-electron chi connectivity index (χ4n) is 7.03. The molecular weight excluding hydrogens is 476 g/mol. The lowest BCUT2D eigenvalue weighted by Crippen LogP contribution is -2.57. The molecule has 8 heteroatoms. The molecule has 0 aromatic rings. The quantitative estimate of drug-likeness (QED) is 0.227. The summed E-state index contributed by atoms with van der Waals surface area (Å²) in [7, 11) is 0. The molecule has 4 fully saturated rings. The van der Waals surface area contributed by atoms with Gasteiger partial charge >= 0.3 is 5.97 Å². The number of hydrogen-bond donors (Lipinski definition) is 1. The molecule has 3 heterocycles. The number of aliphatic hydroxyl groups excluding tert-OH is 1. The van der Waals surface area contributed by atoms with E-state index < -0.39 is 22.6 Å². The van der Waals surface area contributed by atoms with Crippen LogP contribution in [0.5, 0.6) is 0 Å². The van der Waals surface area contributed by atoms with E-state index in [1.165, 1.54) is 6.42 Å². The topological polar surface area (TPSA) is 87.1 Å². The highest BCUT2D eigenvalue weighted by atomic mass is 32.2. The fourth-order valence-corrected chi connectivity index (χ4v) is 9.23. The number of aliphatic hydroxyl groups is 1. The zero-order valence-electron chi connectivity index (χ0n) is 21.4. The molecule has 1 saturated carbocycles. The average molecular weight is 519 g/mol. The van der Waals surface area contributed by atoms with Crippen molar-refractivity contribution in [2.75, 3.05) is 26.3 Å². The molecule has 2 bridgehead atoms. The van der Waals surface area contributed by atoms with Gasteiger partial charge in [0.2, 0.25) is 11.8 Å². The van der Waals surface area contributed by atoms with Crippen molar-refractivity contribution >= 4 is 29.5 Å². The maximum Gasteiger partial charge on any atom is 0.311 e. The molecule has 0 aromatic carbocycles. The normalized spacial score (nSPS) is 31.4. The Hall–Kier alpha value is -1.80. The number of carbonyl (C=O) groups excluding carboxylic acids is 3. The SMILES string of the molecule is C=CCOC(=O)[C@@H]1[C@H]2C(=O)N(CCCCCCO)C(C(=O)N(CC=C)C3CCCCC3)C23CC[C@H]1S3. The number of fused-ring (bicyclic) bond motifs is 1. The van der Waals surface area contributed by atoms with E-state index in [1.54, 1.807) is 23.9 Å². The van der Waals surface area contributed by atoms with Gasteiger partial charge < -0.3 is 19.6 Å². The van der Waals surface area contributed by atoms with Gasteiger partial charge in [-0.05, 0) is 38.5 Å². The molecule has 1 aliphatic carbocycles. The second kappa shape index (κ2) is 12.2. The number of hydrogen-bond acceptors (Lipinski definition) is 6. The summed E-state index contributed by atoms with van der Waals surface area (Å²) < 4.78 is 4.87. The molecular formula is C28H42N2O5S. The molecule has 1 spiro atoms. The largest absolute Gasteiger partial charge is 0.461 e. The predicted octanol–water partition coefficient (Wildman–Crippen LogP) is 3.71. The highest BCUT2D eigenvalue weighted by molar-refractivity contribution is 8.02. The number of amides is 2. The van der Waals surface area contributed by atoms with E-state index in [0.29, 0.717) is 13.1 Å². The van der Waals surface area contributed by atoms with Gasteiger partial charge in [-0.15, -0.1) is 18.3 Å². The molecule has 4 rings (SSSR count). The molecule has 7 nitrogen and oxygen atoms in total. The first-order valence-corrected chi connectivity index (χ1v) is 14.7. The Labute approximate surface area is 219 Å². The standard InChI is InChI=1S/C28H42N2O5S/c1-3-16-29(20-12-8-7-9-13-20)26(33)24-28-15-14-21(36-28)22(27(34)35-19-4-2)23(28)25(32)30(24)17-10-5-6-11-18-31/h3-4,20-24,31H,1-2,5-19H2/t21-,22+,23+,24?,28?/m1/s1. The van der Waals surface area contributed by atoms with Gasteiger partial charge in [0.1, 0.15) is 12.6 Å². The van der Waals surface area contributed by atoms with Gasteiger partial charge in [0.15, 0.2) is 0 Å². The second-order valence-corrected chi connectivity index (χ2v) is 12.3. The highest BCUT2D eigenvalue weighted by Crippen LogP contribution is 2.66. The van der Waals surface area contributed by atoms with Crippen LogP contribution in [0.3, 0.4) is 0 Å². The van der Waals surface area contributed by atoms with Crippen LogP contribution in [0.2, 0.25) is 0 Å². The number of carbonyl (C=O) groups is 3. The lowest BCUT2D eigenvalue weighted by atomic mass is 9.71. The van der Waals surface area contributed by atoms with Crippen LogP contribution in [0.4, 0.5) is 0 Å². The lowest BCUT2D eigenvalue weighted by Gasteiger charge is -2.41. The van der Waals surface area contributed by atoms with Crippen molar-refractivity contribution in [1.82, 2.24) is 9.80 Å². The average Bonchev–Trinajstić information content (AvgIpc) is 3.53. The van der Waals surface area contributed by atoms with E-state index in [4.69, 9.17) is 9.84 Å². The van der Waals surface area contributed by atoms with Gasteiger partial charge in [-0.1, -0.05) is 50.8 Å². The van der Waals surface area contributed by atoms with E-state index in [9.17, 15) is 14.4 Å². The van der Waals surface area contributed by atoms with Crippen molar-refractivity contribution in [2.45, 2.75) is 92.7 Å². The molecule has 200 valence electrons. The van der Waals surface area contributed by atoms with Gasteiger partial charge in [-0.2, -0.15) is 0 Å². The van der Waals surface area contributed by atoms with E-state index in [-0.39, 0.29) is 42.3 Å². The summed E-state index contributed by atoms with van der Waals surface area (Å²) in [4.78, 5) is 45.3. The molecule has 0 radical (unpaired) electrons. The van der Waals surface area contributed by atoms with Crippen molar-refractivity contribution in [3.63, 3.8) is 0 Å². The highest BCUT2D eigenvalue weighted by Gasteiger charge is 2.74. The van der Waals surface area contributed by atoms with Crippen LogP contribution < -0.4 is 0 Å². The van der Waals surface area contributed by atoms with Crippen LogP contribution >= 0.6 is 11.8 Å². The summed E-state index contributed by atoms with van der Waals surface area (Å²) in [6, 6.07) is -0.375. The van der Waals surface area contributed by atoms with Crippen LogP contribution in [-0.4, -0.2) is 81.1 Å². The number of rotatable bonds is 13. The molecule has 2 amide bonds. The zero-order chi connectivity index (χ0) is 25.7. The Morgan fingerprint density at radius 3 is 2.56 bits per heavy atom. The minimum absolute atomic E-state index is 0.0146. The zero-order valence-corrected chi connectivity index (χ0v) is 22.3. The van der Waals surface area contributed by atoms with Crippen LogP contribution in [0.25, 0.3) is 0 Å². The molecule has 3 saturated heterocycles. The third-order valence-corrected chi connectivity index (χ3v) is 10.5. The van der Waals surface area contributed by atoms with Gasteiger partial charge in [0.25, 0.3) is 0 Å². The van der Waals surface area contributed by atoms with Gasteiger partial charge in [-0.3, -0.25) is 14.4 Å². The molecule has 1 N–H and O–H groups in total. The number of thioether (sulfide) groups is 1. The van der Waals surface area contributed by atoms with Crippen LogP contribution in [0.15, 0.2) is 25.3 Å². The summed E-state index contributed by atoms with van der Waals surface area (Å²) in [5.74, 6) is -1.39. The molecule has 2 unspecified atom stereocenters. The number of ether oxygens (including phenoxy) is 1. The molecule has 4 aliphatic rings. The number of likely N-dealkylation sites (tertiary alicyclic amines) is 1. The van der Waals surface area contributed by atoms with Crippen molar-refractivity contribution < 1.29 is 24.2 Å². The van der Waals surface area contributed by atoms with Crippen molar-refractivity contribution in [3.8, 4) is 0 Å². The summed E-state index contributed by atoms with van der Waals surface area (Å²) >= 11 is 1.70. The molecule has 36 heavy (non-hydrogen) atoms. The Morgan fingerprint density at radius 1 is 1.11 bits per heavy atom. The summed E-state index contributed by atoms with van der Waals surface area (Å²) in [6.07, 6.45) is 13.7. The fraction of sp³-hybridized carbons (Fsp3) is 0.750. The Bertz CT molecular complexity index is 844. The molecule has 0 aromatic heterocycles. The van der Waals surface area contributed by atoms with Crippen LogP contribution in [0.1, 0.15) is 70.6 Å². The van der Waals surface area contributed by atoms with Crippen LogP contribution in [0, 0.1) is 11.8 Å². The Kier molecular flexibility index (Phi) is 9.20. The Balaban J connectivity index is 1.64. The number of esters is 1. The lowest BCUT2D eigenvalue weighted by molar-refractivity contribution is -0.153. The van der Waals surface area contributed by atoms with E-state index in [1.807, 2.05) is 9.80 Å². The van der Waals surface area contributed by atoms with E-state index in [2.05, 4.69) is 13.2 Å². The summed E-state index contributed by atoms with van der Waals surface area (Å²) in [5, 5.41) is 9.13. The minimum atomic E-state index is -0.574. The molecule has 5 atom stereocenters. The summed E-state index contributed by atoms with van der Waals surface area (Å²) in [5.41, 5.74) is 0. The smallest absolute Gasteiger partial charge is 0.311 e. The van der Waals surface area contributed by atoms with Gasteiger partial charge in [-0.25, -0.2) is 0 Å². The first-order chi connectivity index (χ1) is 17.5. The van der Waals surface area contributed by atoms with Crippen molar-refractivity contribution in [3.05, 3.63) is 25.3 Å². The first kappa shape index (κ1) is 27.2. The number of unbranched alkanes of at least 4 members (excludes halogenated alkanes) is 3. The Morgan fingerprint density at radius 2 is 1.86 bits per heavy atom. The van der Waals surface area contributed by atoms with Crippen molar-refractivity contribution in [1.29, 1.82) is 0 Å². The van der Waals surface area contributed by atoms with E-state index in [0.717, 1.165) is 64.2 Å². The summed E-state index contributed by atoms with van der Waals surface area (Å²) in [6.45, 7) is 8.85. The predicted molar refractivity (Wildman–Crippen MR) is 141 cm³/mol. The number of nitrogens with zero attached hydrogens (tertiary/aromatic N) is 2. The molecule has 3 aliphatic heterocycles. The van der Waals surface area contributed by atoms with Gasteiger partial charge in [0, 0.05) is 31.0 Å². The second-order valence-electron chi connectivity index (χ2n) is 10.7. The third kappa shape index (κ3) is 5.00. The van der Waals surface area contributed by atoms with E-state index >= 15 is 0 Å². The van der Waals surface area contributed by atoms with Gasteiger partial charge in [0.05, 0.1) is 16.6 Å². The first-order valence-electron chi connectivity index (χ1n) is 13.8. The minimum Gasteiger partial charge on any atom is -0.461 e. The van der Waals surface area contributed by atoms with Crippen LogP contribution in [-0.2, 0) is 19.1 Å². The third-order valence-electron chi connectivity index (χ3n) is 8.58. The monoisotopic (exact) mass is 518 g/mol. The van der Waals surface area contributed by atoms with Crippen molar-refractivity contribution in [2.24, 2.45) is 11.8 Å². The maximum absolute atomic E-state index is 14.4.